The molecule has 0 saturated heterocycles. The molecule has 0 fully saturated rings. The number of para-hydroxylation sites is 2. The molecule has 0 aliphatic carbocycles. The van der Waals surface area contributed by atoms with Gasteiger partial charge >= 0.3 is 0 Å². The third-order valence-electron chi connectivity index (χ3n) is 5.74. The Morgan fingerprint density at radius 2 is 1.69 bits per heavy atom. The summed E-state index contributed by atoms with van der Waals surface area (Å²) in [4.78, 5) is 29.6. The lowest BCUT2D eigenvalue weighted by atomic mass is 10.1. The number of hydrogen-bond donors (Lipinski definition) is 0. The van der Waals surface area contributed by atoms with Gasteiger partial charge in [0, 0.05) is 17.9 Å². The zero-order valence-corrected chi connectivity index (χ0v) is 21.8. The fourth-order valence-electron chi connectivity index (χ4n) is 4.10. The second-order valence-corrected chi connectivity index (χ2v) is 10.8. The van der Waals surface area contributed by atoms with Gasteiger partial charge in [-0.25, -0.2) is 4.98 Å². The molecule has 0 N–H and O–H groups in total. The molecular formula is C26H20N4O3S3. The fourth-order valence-corrected chi connectivity index (χ4v) is 6.32. The summed E-state index contributed by atoms with van der Waals surface area (Å²) in [5.74, 6) is 0.403. The van der Waals surface area contributed by atoms with E-state index in [0.717, 1.165) is 22.4 Å². The molecule has 10 heteroatoms. The number of nitrogens with zero attached hydrogens (tertiary/aromatic N) is 4. The Morgan fingerprint density at radius 3 is 2.39 bits per heavy atom. The Kier molecular flexibility index (Phi) is 6.57. The first kappa shape index (κ1) is 24.1. The van der Waals surface area contributed by atoms with E-state index in [4.69, 9.17) is 17.2 Å². The number of non-ortho nitro benzene ring substituents is 1. The van der Waals surface area contributed by atoms with E-state index in [1.807, 2.05) is 73.0 Å². The predicted molar refractivity (Wildman–Crippen MR) is 148 cm³/mol. The average molecular weight is 533 g/mol. The van der Waals surface area contributed by atoms with Crippen molar-refractivity contribution in [1.29, 1.82) is 0 Å². The molecule has 180 valence electrons. The maximum absolute atomic E-state index is 13.8. The highest BCUT2D eigenvalue weighted by molar-refractivity contribution is 7.98. The predicted octanol–water partition coefficient (Wildman–Crippen LogP) is 6.78. The van der Waals surface area contributed by atoms with Crippen LogP contribution in [0.1, 0.15) is 16.7 Å². The molecule has 0 spiro atoms. The summed E-state index contributed by atoms with van der Waals surface area (Å²) >= 11 is 8.32. The van der Waals surface area contributed by atoms with E-state index in [0.29, 0.717) is 30.9 Å². The fraction of sp³-hybridized carbons (Fsp3) is 0.115. The number of nitro groups is 1. The smallest absolute Gasteiger partial charge is 0.275 e. The Balaban J connectivity index is 1.72. The van der Waals surface area contributed by atoms with Crippen LogP contribution >= 0.6 is 35.3 Å². The highest BCUT2D eigenvalue weighted by atomic mass is 32.2. The summed E-state index contributed by atoms with van der Waals surface area (Å²) in [6.07, 6.45) is 0. The van der Waals surface area contributed by atoms with Crippen molar-refractivity contribution < 1.29 is 4.92 Å². The van der Waals surface area contributed by atoms with Crippen LogP contribution < -0.4 is 5.56 Å². The van der Waals surface area contributed by atoms with Gasteiger partial charge in [-0.3, -0.25) is 24.0 Å². The lowest BCUT2D eigenvalue weighted by molar-refractivity contribution is -0.384. The molecule has 7 nitrogen and oxygen atoms in total. The van der Waals surface area contributed by atoms with Crippen LogP contribution in [0.15, 0.2) is 82.7 Å². The number of thiazole rings is 1. The molecule has 0 amide bonds. The maximum Gasteiger partial charge on any atom is 0.278 e. The lowest BCUT2D eigenvalue weighted by Gasteiger charge is -2.14. The van der Waals surface area contributed by atoms with Crippen molar-refractivity contribution in [3.63, 3.8) is 0 Å². The van der Waals surface area contributed by atoms with Crippen molar-refractivity contribution in [1.82, 2.24) is 14.1 Å². The standard InChI is InChI=1S/C26H20N4O3S3/c1-16-8-6-9-17(2)21(16)29-23-22(36-26(29)34)24(31)28(19-11-4-3-5-12-19)25(27-23)35-15-18-10-7-13-20(14-18)30(32)33/h3-14H,15H2,1-2H3. The molecule has 0 aliphatic rings. The Hall–Kier alpha value is -3.60. The Bertz CT molecular complexity index is 1720. The largest absolute Gasteiger partial charge is 0.278 e. The summed E-state index contributed by atoms with van der Waals surface area (Å²) in [5, 5.41) is 11.7. The molecular weight excluding hydrogens is 513 g/mol. The van der Waals surface area contributed by atoms with Crippen molar-refractivity contribution in [2.75, 3.05) is 0 Å². The maximum atomic E-state index is 13.8. The molecule has 0 radical (unpaired) electrons. The number of aromatic nitrogens is 3. The molecule has 3 aromatic carbocycles. The van der Waals surface area contributed by atoms with Crippen LogP contribution in [0.3, 0.4) is 0 Å². The SMILES string of the molecule is Cc1cccc(C)c1-n1c(=S)sc2c(=O)n(-c3ccccc3)c(SCc3cccc([N+](=O)[O-])c3)nc21. The molecule has 0 aliphatic heterocycles. The molecule has 2 heterocycles. The van der Waals surface area contributed by atoms with Crippen molar-refractivity contribution in [3.05, 3.63) is 114 Å². The molecule has 0 unspecified atom stereocenters. The number of benzene rings is 3. The number of aryl methyl sites for hydroxylation is 2. The molecule has 36 heavy (non-hydrogen) atoms. The van der Waals surface area contributed by atoms with Gasteiger partial charge in [0.1, 0.15) is 4.70 Å². The number of hydrogen-bond acceptors (Lipinski definition) is 7. The quantitative estimate of drug-likeness (QED) is 0.0788. The van der Waals surface area contributed by atoms with Crippen LogP contribution in [-0.2, 0) is 5.75 Å². The highest BCUT2D eigenvalue weighted by Gasteiger charge is 2.20. The van der Waals surface area contributed by atoms with Crippen molar-refractivity contribution in [3.8, 4) is 11.4 Å². The second-order valence-electron chi connectivity index (χ2n) is 8.18. The van der Waals surface area contributed by atoms with Crippen molar-refractivity contribution in [2.24, 2.45) is 0 Å². The zero-order valence-electron chi connectivity index (χ0n) is 19.4. The number of rotatable bonds is 6. The zero-order chi connectivity index (χ0) is 25.4. The molecule has 0 bridgehead atoms. The van der Waals surface area contributed by atoms with Gasteiger partial charge in [-0.1, -0.05) is 71.6 Å². The minimum atomic E-state index is -0.414. The number of thioether (sulfide) groups is 1. The monoisotopic (exact) mass is 532 g/mol. The summed E-state index contributed by atoms with van der Waals surface area (Å²) in [5.41, 5.74) is 4.79. The van der Waals surface area contributed by atoms with E-state index in [-0.39, 0.29) is 11.2 Å². The third-order valence-corrected chi connectivity index (χ3v) is 8.10. The third kappa shape index (κ3) is 4.39. The van der Waals surface area contributed by atoms with E-state index >= 15 is 0 Å². The van der Waals surface area contributed by atoms with E-state index < -0.39 is 4.92 Å². The van der Waals surface area contributed by atoms with Gasteiger partial charge in [0.2, 0.25) is 0 Å². The highest BCUT2D eigenvalue weighted by Crippen LogP contribution is 2.31. The van der Waals surface area contributed by atoms with E-state index in [2.05, 4.69) is 0 Å². The van der Waals surface area contributed by atoms with Crippen molar-refractivity contribution >= 4 is 51.4 Å². The lowest BCUT2D eigenvalue weighted by Crippen LogP contribution is -2.21. The van der Waals surface area contributed by atoms with Gasteiger partial charge in [-0.15, -0.1) is 0 Å². The summed E-state index contributed by atoms with van der Waals surface area (Å²) in [7, 11) is 0. The van der Waals surface area contributed by atoms with Crippen molar-refractivity contribution in [2.45, 2.75) is 24.8 Å². The van der Waals surface area contributed by atoms with Crippen LogP contribution in [0.4, 0.5) is 5.69 Å². The van der Waals surface area contributed by atoms with E-state index in [1.54, 1.807) is 16.7 Å². The van der Waals surface area contributed by atoms with Crippen LogP contribution in [0.25, 0.3) is 21.7 Å². The minimum Gasteiger partial charge on any atom is -0.275 e. The van der Waals surface area contributed by atoms with Gasteiger partial charge in [0.25, 0.3) is 11.2 Å². The van der Waals surface area contributed by atoms with E-state index in [9.17, 15) is 14.9 Å². The first-order valence-corrected chi connectivity index (χ1v) is 13.2. The van der Waals surface area contributed by atoms with Gasteiger partial charge < -0.3 is 0 Å². The van der Waals surface area contributed by atoms with Gasteiger partial charge in [0.05, 0.1) is 16.3 Å². The summed E-state index contributed by atoms with van der Waals surface area (Å²) < 4.78 is 4.50. The van der Waals surface area contributed by atoms with Crippen LogP contribution in [0.2, 0.25) is 0 Å². The minimum absolute atomic E-state index is 0.0263. The summed E-state index contributed by atoms with van der Waals surface area (Å²) in [6.45, 7) is 4.02. The van der Waals surface area contributed by atoms with Crippen LogP contribution in [0, 0.1) is 27.9 Å². The molecule has 0 atom stereocenters. The van der Waals surface area contributed by atoms with Gasteiger partial charge in [0.15, 0.2) is 14.8 Å². The Morgan fingerprint density at radius 1 is 1.00 bits per heavy atom. The van der Waals surface area contributed by atoms with Gasteiger partial charge in [-0.05, 0) is 54.9 Å². The molecule has 5 rings (SSSR count). The topological polar surface area (TPSA) is 83.0 Å². The molecule has 5 aromatic rings. The Labute approximate surface area is 219 Å². The first-order chi connectivity index (χ1) is 17.3. The van der Waals surface area contributed by atoms with Crippen LogP contribution in [0.5, 0.6) is 0 Å². The van der Waals surface area contributed by atoms with E-state index in [1.165, 1.54) is 29.2 Å². The van der Waals surface area contributed by atoms with Crippen LogP contribution in [-0.4, -0.2) is 19.0 Å². The van der Waals surface area contributed by atoms with Gasteiger partial charge in [-0.2, -0.15) is 0 Å². The number of nitro benzene ring substituents is 1. The second kappa shape index (κ2) is 9.81. The number of fused-ring (bicyclic) bond motifs is 1. The molecule has 2 aromatic heterocycles. The summed E-state index contributed by atoms with van der Waals surface area (Å²) in [6, 6.07) is 21.8. The normalized spacial score (nSPS) is 11.2. The first-order valence-electron chi connectivity index (χ1n) is 11.0. The average Bonchev–Trinajstić information content (AvgIpc) is 3.19. The molecule has 0 saturated carbocycles.